The Bertz CT molecular complexity index is 1140. The number of pyridine rings is 1. The van der Waals surface area contributed by atoms with Crippen LogP contribution in [0.5, 0.6) is 0 Å². The molecule has 3 heterocycles. The van der Waals surface area contributed by atoms with E-state index in [1.54, 1.807) is 42.4 Å². The second-order valence-corrected chi connectivity index (χ2v) is 7.84. The summed E-state index contributed by atoms with van der Waals surface area (Å²) in [6.45, 7) is 2.06. The number of hydrogen-bond acceptors (Lipinski definition) is 3. The number of rotatable bonds is 2. The van der Waals surface area contributed by atoms with E-state index in [9.17, 15) is 14.0 Å². The molecule has 2 amide bonds. The third-order valence-electron chi connectivity index (χ3n) is 6.28. The number of aryl methyl sites for hydroxylation is 1. The second kappa shape index (κ2) is 6.76. The fraction of sp³-hybridized carbons (Fsp3) is 0.208. The average Bonchev–Trinajstić information content (AvgIpc) is 3.28. The predicted molar refractivity (Wildman–Crippen MR) is 111 cm³/mol. The van der Waals surface area contributed by atoms with Gasteiger partial charge in [-0.3, -0.25) is 14.6 Å². The van der Waals surface area contributed by atoms with Gasteiger partial charge >= 0.3 is 0 Å². The lowest BCUT2D eigenvalue weighted by atomic mass is 9.73. The van der Waals surface area contributed by atoms with E-state index in [1.807, 2.05) is 30.3 Å². The maximum absolute atomic E-state index is 14.6. The molecule has 0 radical (unpaired) electrons. The van der Waals surface area contributed by atoms with Crippen LogP contribution in [-0.2, 0) is 10.2 Å². The molecule has 2 aliphatic heterocycles. The molecule has 5 nitrogen and oxygen atoms in total. The highest BCUT2D eigenvalue weighted by Crippen LogP contribution is 2.54. The molecule has 2 aliphatic rings. The Morgan fingerprint density at radius 2 is 2.00 bits per heavy atom. The lowest BCUT2D eigenvalue weighted by Gasteiger charge is -2.34. The van der Waals surface area contributed by atoms with E-state index in [0.29, 0.717) is 18.5 Å². The number of hydrogen-bond donors (Lipinski definition) is 1. The third kappa shape index (κ3) is 2.49. The van der Waals surface area contributed by atoms with Crippen LogP contribution in [0.15, 0.2) is 67.0 Å². The van der Waals surface area contributed by atoms with Crippen molar-refractivity contribution in [1.82, 2.24) is 9.88 Å². The summed E-state index contributed by atoms with van der Waals surface area (Å²) in [5.41, 5.74) is 2.06. The van der Waals surface area contributed by atoms with Gasteiger partial charge in [0.15, 0.2) is 0 Å². The van der Waals surface area contributed by atoms with Crippen molar-refractivity contribution in [3.05, 3.63) is 95.1 Å². The van der Waals surface area contributed by atoms with Crippen LogP contribution in [0.2, 0.25) is 0 Å². The van der Waals surface area contributed by atoms with Crippen LogP contribution in [-0.4, -0.2) is 28.2 Å². The third-order valence-corrected chi connectivity index (χ3v) is 6.28. The summed E-state index contributed by atoms with van der Waals surface area (Å²) in [5, 5.41) is 2.98. The monoisotopic (exact) mass is 401 g/mol. The van der Waals surface area contributed by atoms with Crippen molar-refractivity contribution >= 4 is 17.5 Å². The molecule has 30 heavy (non-hydrogen) atoms. The number of carbonyl (C=O) groups is 2. The van der Waals surface area contributed by atoms with Crippen LogP contribution in [0.25, 0.3) is 0 Å². The molecule has 1 saturated heterocycles. The molecule has 1 spiro atoms. The van der Waals surface area contributed by atoms with E-state index in [4.69, 9.17) is 0 Å². The maximum Gasteiger partial charge on any atom is 0.257 e. The Labute approximate surface area is 173 Å². The van der Waals surface area contributed by atoms with Crippen LogP contribution in [0.4, 0.5) is 10.1 Å². The zero-order chi connectivity index (χ0) is 20.9. The fourth-order valence-corrected chi connectivity index (χ4v) is 4.95. The molecule has 0 bridgehead atoms. The maximum atomic E-state index is 14.6. The Morgan fingerprint density at radius 3 is 2.77 bits per heavy atom. The van der Waals surface area contributed by atoms with Crippen LogP contribution in [0.3, 0.4) is 0 Å². The van der Waals surface area contributed by atoms with Crippen molar-refractivity contribution in [2.45, 2.75) is 24.8 Å². The molecule has 2 unspecified atom stereocenters. The number of nitrogens with one attached hydrogen (secondary N) is 1. The van der Waals surface area contributed by atoms with E-state index in [-0.39, 0.29) is 11.5 Å². The number of likely N-dealkylation sites (tertiary alicyclic amines) is 1. The minimum absolute atomic E-state index is 0.0510. The van der Waals surface area contributed by atoms with Crippen LogP contribution >= 0.6 is 0 Å². The van der Waals surface area contributed by atoms with Gasteiger partial charge in [-0.15, -0.1) is 0 Å². The van der Waals surface area contributed by atoms with Crippen molar-refractivity contribution in [3.63, 3.8) is 0 Å². The number of para-hydroxylation sites is 1. The van der Waals surface area contributed by atoms with Crippen LogP contribution < -0.4 is 5.32 Å². The Kier molecular flexibility index (Phi) is 4.17. The van der Waals surface area contributed by atoms with E-state index in [1.165, 1.54) is 6.07 Å². The topological polar surface area (TPSA) is 62.3 Å². The summed E-state index contributed by atoms with van der Waals surface area (Å²) in [5.74, 6) is -1.10. The minimum Gasteiger partial charge on any atom is -0.330 e. The zero-order valence-corrected chi connectivity index (χ0v) is 16.4. The van der Waals surface area contributed by atoms with Gasteiger partial charge in [0.05, 0.1) is 11.6 Å². The number of halogens is 1. The first-order valence-electron chi connectivity index (χ1n) is 9.91. The first-order valence-corrected chi connectivity index (χ1v) is 9.91. The Hall–Kier alpha value is -3.54. The highest BCUT2D eigenvalue weighted by atomic mass is 19.1. The molecule has 0 aliphatic carbocycles. The SMILES string of the molecule is Cc1cccc(F)c1C(=O)N1CCC2(C(=O)Nc3ccccc32)C1c1cccnc1. The number of benzene rings is 2. The molecule has 2 aromatic carbocycles. The molecule has 1 aromatic heterocycles. The molecule has 5 rings (SSSR count). The Balaban J connectivity index is 1.69. The van der Waals surface area contributed by atoms with E-state index < -0.39 is 23.2 Å². The average molecular weight is 401 g/mol. The number of fused-ring (bicyclic) bond motifs is 2. The summed E-state index contributed by atoms with van der Waals surface area (Å²) in [4.78, 5) is 32.8. The molecular weight excluding hydrogens is 381 g/mol. The lowest BCUT2D eigenvalue weighted by Crippen LogP contribution is -2.43. The number of carbonyl (C=O) groups excluding carboxylic acids is 2. The molecule has 1 fully saturated rings. The van der Waals surface area contributed by atoms with Gasteiger partial charge in [-0.1, -0.05) is 36.4 Å². The normalized spacial score (nSPS) is 22.3. The number of anilines is 1. The van der Waals surface area contributed by atoms with E-state index in [0.717, 1.165) is 16.8 Å². The summed E-state index contributed by atoms with van der Waals surface area (Å²) >= 11 is 0. The fourth-order valence-electron chi connectivity index (χ4n) is 4.95. The van der Waals surface area contributed by atoms with Crippen molar-refractivity contribution < 1.29 is 14.0 Å². The van der Waals surface area contributed by atoms with Gasteiger partial charge in [0.25, 0.3) is 5.91 Å². The summed E-state index contributed by atoms with van der Waals surface area (Å²) in [6.07, 6.45) is 3.79. The minimum atomic E-state index is -0.936. The van der Waals surface area contributed by atoms with Gasteiger partial charge in [-0.2, -0.15) is 0 Å². The van der Waals surface area contributed by atoms with Crippen LogP contribution in [0.1, 0.15) is 39.5 Å². The number of amides is 2. The zero-order valence-electron chi connectivity index (χ0n) is 16.4. The van der Waals surface area contributed by atoms with Crippen molar-refractivity contribution in [2.24, 2.45) is 0 Å². The van der Waals surface area contributed by atoms with Crippen molar-refractivity contribution in [3.8, 4) is 0 Å². The van der Waals surface area contributed by atoms with Crippen molar-refractivity contribution in [2.75, 3.05) is 11.9 Å². The highest BCUT2D eigenvalue weighted by Gasteiger charge is 2.59. The molecule has 6 heteroatoms. The second-order valence-electron chi connectivity index (χ2n) is 7.84. The van der Waals surface area contributed by atoms with Gasteiger partial charge < -0.3 is 10.2 Å². The molecule has 3 aromatic rings. The quantitative estimate of drug-likeness (QED) is 0.706. The standard InChI is InChI=1S/C24H20FN3O2/c1-15-6-4-9-18(25)20(15)22(29)28-13-11-24(21(28)16-7-5-12-26-14-16)17-8-2-3-10-19(17)27-23(24)30/h2-10,12,14,21H,11,13H2,1H3,(H,27,30). The van der Waals surface area contributed by atoms with Gasteiger partial charge in [0.2, 0.25) is 5.91 Å². The van der Waals surface area contributed by atoms with Crippen molar-refractivity contribution in [1.29, 1.82) is 0 Å². The molecule has 1 N–H and O–H groups in total. The van der Waals surface area contributed by atoms with Gasteiger partial charge in [0.1, 0.15) is 11.2 Å². The van der Waals surface area contributed by atoms with Crippen LogP contribution in [0, 0.1) is 12.7 Å². The van der Waals surface area contributed by atoms with Gasteiger partial charge in [-0.05, 0) is 48.2 Å². The highest BCUT2D eigenvalue weighted by molar-refractivity contribution is 6.08. The van der Waals surface area contributed by atoms with E-state index in [2.05, 4.69) is 10.3 Å². The van der Waals surface area contributed by atoms with Gasteiger partial charge in [-0.25, -0.2) is 4.39 Å². The first-order chi connectivity index (χ1) is 14.5. The summed E-state index contributed by atoms with van der Waals surface area (Å²) in [7, 11) is 0. The molecular formula is C24H20FN3O2. The molecule has 0 saturated carbocycles. The Morgan fingerprint density at radius 1 is 1.17 bits per heavy atom. The largest absolute Gasteiger partial charge is 0.330 e. The smallest absolute Gasteiger partial charge is 0.257 e. The summed E-state index contributed by atoms with van der Waals surface area (Å²) < 4.78 is 14.6. The van der Waals surface area contributed by atoms with Gasteiger partial charge in [0, 0.05) is 24.6 Å². The molecule has 2 atom stereocenters. The number of aromatic nitrogens is 1. The number of nitrogens with zero attached hydrogens (tertiary/aromatic N) is 2. The summed E-state index contributed by atoms with van der Waals surface area (Å²) in [6, 6.07) is 15.2. The lowest BCUT2D eigenvalue weighted by molar-refractivity contribution is -0.121. The van der Waals surface area contributed by atoms with E-state index >= 15 is 0 Å². The predicted octanol–water partition coefficient (Wildman–Crippen LogP) is 4.01. The molecule has 150 valence electrons. The first kappa shape index (κ1) is 18.5.